The molecule has 0 aromatic heterocycles. The minimum atomic E-state index is -6.00. The van der Waals surface area contributed by atoms with E-state index in [1.54, 1.807) is 0 Å². The lowest BCUT2D eigenvalue weighted by Gasteiger charge is -2.17. The zero-order chi connectivity index (χ0) is 56.0. The summed E-state index contributed by atoms with van der Waals surface area (Å²) in [5.41, 5.74) is 26.2. The molecule has 3 aromatic carbocycles. The second kappa shape index (κ2) is 21.1. The van der Waals surface area contributed by atoms with E-state index in [-0.39, 0.29) is 21.7 Å². The van der Waals surface area contributed by atoms with Crippen molar-refractivity contribution in [2.24, 2.45) is 0 Å². The summed E-state index contributed by atoms with van der Waals surface area (Å²) in [6.07, 6.45) is 15.6. The molecular formula is C60H61B3F12. The smallest absolute Gasteiger partial charge is 0.418 e. The van der Waals surface area contributed by atoms with Gasteiger partial charge in [0.15, 0.2) is 0 Å². The summed E-state index contributed by atoms with van der Waals surface area (Å²) >= 11 is 0. The van der Waals surface area contributed by atoms with Crippen LogP contribution < -0.4 is 0 Å². The maximum absolute atomic E-state index is 9.75. The van der Waals surface area contributed by atoms with Crippen LogP contribution in [0.5, 0.6) is 0 Å². The Kier molecular flexibility index (Phi) is 16.3. The zero-order valence-electron chi connectivity index (χ0n) is 44.3. The molecule has 6 aliphatic rings. The number of hydrogen-bond donors (Lipinski definition) is 0. The van der Waals surface area contributed by atoms with Gasteiger partial charge in [0, 0.05) is 52.6 Å². The van der Waals surface area contributed by atoms with Crippen molar-refractivity contribution < 1.29 is 51.8 Å². The van der Waals surface area contributed by atoms with Crippen molar-refractivity contribution in [2.45, 2.75) is 111 Å². The van der Waals surface area contributed by atoms with Crippen LogP contribution in [0.3, 0.4) is 0 Å². The monoisotopic (exact) mass is 1040 g/mol. The Morgan fingerprint density at radius 2 is 0.613 bits per heavy atom. The third kappa shape index (κ3) is 15.4. The van der Waals surface area contributed by atoms with Crippen LogP contribution in [0.25, 0.3) is 50.6 Å². The number of allylic oxidation sites excluding steroid dienone is 11. The van der Waals surface area contributed by atoms with Gasteiger partial charge in [0.05, 0.1) is 86.5 Å². The van der Waals surface area contributed by atoms with Crippen LogP contribution in [0.1, 0.15) is 150 Å². The maximum Gasteiger partial charge on any atom is 0.673 e. The molecule has 0 radical (unpaired) electrons. The highest BCUT2D eigenvalue weighted by molar-refractivity contribution is 6.50. The van der Waals surface area contributed by atoms with Gasteiger partial charge in [-0.3, -0.25) is 0 Å². The summed E-state index contributed by atoms with van der Waals surface area (Å²) in [6.45, 7) is 27.7. The second-order valence-electron chi connectivity index (χ2n) is 23.3. The maximum atomic E-state index is 9.75. The summed E-state index contributed by atoms with van der Waals surface area (Å²) in [4.78, 5) is 0. The SMILES string of the molecule is CC(C)(C)c1ccc2c3cc(c-2cc1)CC1=C/C(=C\C2=CC(=C\C4=CC(=C\3)/c3cc[c+](C(C)(C)C)ccc34)/c3cc[c+](C(C)(C)C)ccc32)c2cc[c+](C(C)(C)C)ccc21.F[B-](F)(F)F.F[B-](F)(F)F.F[B-](F)(F)F. The molecule has 15 heteroatoms. The van der Waals surface area contributed by atoms with Crippen molar-refractivity contribution in [2.75, 3.05) is 0 Å². The van der Waals surface area contributed by atoms with Gasteiger partial charge in [0.2, 0.25) is 0 Å². The first-order valence-corrected chi connectivity index (χ1v) is 24.7. The largest absolute Gasteiger partial charge is 0.673 e. The van der Waals surface area contributed by atoms with Crippen LogP contribution in [-0.2, 0) is 28.1 Å². The molecule has 0 N–H and O–H groups in total. The highest BCUT2D eigenvalue weighted by Crippen LogP contribution is 2.48. The lowest BCUT2D eigenvalue weighted by Crippen LogP contribution is -2.09. The van der Waals surface area contributed by atoms with Crippen LogP contribution in [-0.4, -0.2) is 21.8 Å². The Morgan fingerprint density at radius 1 is 0.333 bits per heavy atom. The lowest BCUT2D eigenvalue weighted by molar-refractivity contribution is 0.366. The molecule has 3 aromatic rings. The van der Waals surface area contributed by atoms with E-state index < -0.39 is 21.8 Å². The minimum Gasteiger partial charge on any atom is -0.418 e. The van der Waals surface area contributed by atoms with Gasteiger partial charge in [0.25, 0.3) is 0 Å². The molecule has 0 atom stereocenters. The third-order valence-electron chi connectivity index (χ3n) is 13.2. The van der Waals surface area contributed by atoms with Gasteiger partial charge in [-0.05, 0) is 172 Å². The van der Waals surface area contributed by atoms with Crippen LogP contribution in [0.4, 0.5) is 51.8 Å². The molecule has 0 heterocycles. The molecule has 394 valence electrons. The van der Waals surface area contributed by atoms with E-state index in [1.165, 1.54) is 111 Å². The van der Waals surface area contributed by atoms with E-state index in [2.05, 4.69) is 223 Å². The topological polar surface area (TPSA) is 0 Å². The van der Waals surface area contributed by atoms with Crippen molar-refractivity contribution in [3.05, 3.63) is 200 Å². The molecule has 0 unspecified atom stereocenters. The first-order valence-electron chi connectivity index (χ1n) is 24.7. The van der Waals surface area contributed by atoms with Gasteiger partial charge >= 0.3 is 21.8 Å². The van der Waals surface area contributed by atoms with Crippen LogP contribution in [0.15, 0.2) is 134 Å². The van der Waals surface area contributed by atoms with Gasteiger partial charge in [-0.2, -0.15) is 0 Å². The van der Waals surface area contributed by atoms with Crippen LogP contribution in [0.2, 0.25) is 0 Å². The molecule has 0 aliphatic heterocycles. The molecule has 0 saturated heterocycles. The van der Waals surface area contributed by atoms with E-state index >= 15 is 0 Å². The molecule has 0 nitrogen and oxygen atoms in total. The van der Waals surface area contributed by atoms with Crippen molar-refractivity contribution in [1.29, 1.82) is 0 Å². The Labute approximate surface area is 434 Å². The van der Waals surface area contributed by atoms with Crippen molar-refractivity contribution in [3.63, 3.8) is 0 Å². The predicted molar refractivity (Wildman–Crippen MR) is 292 cm³/mol. The summed E-state index contributed by atoms with van der Waals surface area (Å²) < 4.78 is 117. The average molecular weight is 1040 g/mol. The van der Waals surface area contributed by atoms with Crippen molar-refractivity contribution in [3.8, 4) is 11.1 Å². The van der Waals surface area contributed by atoms with Crippen LogP contribution >= 0.6 is 0 Å². The van der Waals surface area contributed by atoms with E-state index in [4.69, 9.17) is 0 Å². The Balaban J connectivity index is 0.000000538. The molecule has 0 saturated carbocycles. The van der Waals surface area contributed by atoms with Gasteiger partial charge in [-0.1, -0.05) is 51.1 Å². The van der Waals surface area contributed by atoms with Crippen molar-refractivity contribution >= 4 is 61.3 Å². The molecule has 0 amide bonds. The molecule has 0 fully saturated rings. The van der Waals surface area contributed by atoms with E-state index in [0.29, 0.717) is 0 Å². The summed E-state index contributed by atoms with van der Waals surface area (Å²) in [5, 5.41) is 0. The fraction of sp³-hybridized carbons (Fsp3) is 0.283. The van der Waals surface area contributed by atoms with Crippen LogP contribution in [0, 0.1) is 0 Å². The normalized spacial score (nSPS) is 17.2. The molecular weight excluding hydrogens is 981 g/mol. The van der Waals surface area contributed by atoms with E-state index in [0.717, 1.165) is 6.42 Å². The Hall–Kier alpha value is -6.24. The minimum absolute atomic E-state index is 0.0368. The highest BCUT2D eigenvalue weighted by Gasteiger charge is 2.32. The highest BCUT2D eigenvalue weighted by atomic mass is 19.5. The van der Waals surface area contributed by atoms with Crippen molar-refractivity contribution in [1.82, 2.24) is 0 Å². The number of halogens is 12. The first-order chi connectivity index (χ1) is 34.2. The van der Waals surface area contributed by atoms with Gasteiger partial charge in [0.1, 0.15) is 0 Å². The lowest BCUT2D eigenvalue weighted by atomic mass is 9.88. The summed E-state index contributed by atoms with van der Waals surface area (Å²) in [6, 6.07) is 40.3. The number of hydrogen-bond acceptors (Lipinski definition) is 0. The number of rotatable bonds is 0. The average Bonchev–Trinajstić information content (AvgIpc) is 3.61. The van der Waals surface area contributed by atoms with E-state index in [9.17, 15) is 51.8 Å². The second-order valence-corrected chi connectivity index (χ2v) is 23.3. The fourth-order valence-corrected chi connectivity index (χ4v) is 9.45. The first kappa shape index (κ1) is 58.0. The fourth-order valence-electron chi connectivity index (χ4n) is 9.45. The predicted octanol–water partition coefficient (Wildman–Crippen LogP) is 20.2. The summed E-state index contributed by atoms with van der Waals surface area (Å²) in [5.74, 6) is 0. The molecule has 0 spiro atoms. The zero-order valence-corrected chi connectivity index (χ0v) is 44.3. The molecule has 75 heavy (non-hydrogen) atoms. The van der Waals surface area contributed by atoms with E-state index in [1.807, 2.05) is 0 Å². The Morgan fingerprint density at radius 3 is 0.933 bits per heavy atom. The van der Waals surface area contributed by atoms with Gasteiger partial charge < -0.3 is 51.8 Å². The van der Waals surface area contributed by atoms with Gasteiger partial charge in [-0.25, -0.2) is 0 Å². The Bertz CT molecular complexity index is 3150. The number of fused-ring (bicyclic) bond motifs is 17. The standard InChI is InChI=1S/C60H61.3BF4/c1-57(2,3)45-13-21-49-37-29-38(50(49)22-14-45)34-40-31-42(54-26-18-47(59(7,8)9)16-24-52(40)54)36-44-32-43(55-27-19-48(60(10,11)12)20-28-56(44)55)35-41-30-39(33-37)51-23-15-46(58(4,5)6)17-25-53(41)51;3*2-1(3,4)5/h13-35H,36H2,1-12H3;;;/q+3;3*-1/b37-33+,40-34+,41-35+;;;. The third-order valence-corrected chi connectivity index (χ3v) is 13.2. The molecule has 6 aliphatic carbocycles. The summed E-state index contributed by atoms with van der Waals surface area (Å²) in [7, 11) is -18.0. The molecule has 9 rings (SSSR count). The molecule has 8 bridgehead atoms. The van der Waals surface area contributed by atoms with Gasteiger partial charge in [-0.15, -0.1) is 0 Å². The quantitative estimate of drug-likeness (QED) is 0.0824.